The van der Waals surface area contributed by atoms with Crippen molar-refractivity contribution in [1.82, 2.24) is 4.98 Å². The fraction of sp³-hybridized carbons (Fsp3) is 0.308. The molecule has 0 amide bonds. The predicted octanol–water partition coefficient (Wildman–Crippen LogP) is 3.18. The molecule has 0 saturated heterocycles. The third kappa shape index (κ3) is 2.70. The van der Waals surface area contributed by atoms with Crippen LogP contribution in [0.3, 0.4) is 0 Å². The van der Waals surface area contributed by atoms with Gasteiger partial charge in [0.25, 0.3) is 0 Å². The van der Waals surface area contributed by atoms with E-state index in [1.165, 1.54) is 11.3 Å². The van der Waals surface area contributed by atoms with Crippen molar-refractivity contribution < 1.29 is 9.50 Å². The molecule has 0 aliphatic rings. The molecule has 2 aromatic rings. The van der Waals surface area contributed by atoms with E-state index in [4.69, 9.17) is 0 Å². The third-order valence-electron chi connectivity index (χ3n) is 2.65. The van der Waals surface area contributed by atoms with Crippen molar-refractivity contribution in [2.45, 2.75) is 26.4 Å². The first kappa shape index (κ1) is 12.2. The van der Waals surface area contributed by atoms with E-state index in [-0.39, 0.29) is 5.82 Å². The Bertz CT molecular complexity index is 524. The zero-order chi connectivity index (χ0) is 12.4. The zero-order valence-electron chi connectivity index (χ0n) is 9.77. The number of hydrogen-bond acceptors (Lipinski definition) is 3. The third-order valence-corrected chi connectivity index (χ3v) is 3.47. The van der Waals surface area contributed by atoms with E-state index < -0.39 is 6.10 Å². The van der Waals surface area contributed by atoms with Gasteiger partial charge in [0.15, 0.2) is 0 Å². The summed E-state index contributed by atoms with van der Waals surface area (Å²) >= 11 is 1.53. The minimum absolute atomic E-state index is 0.327. The van der Waals surface area contributed by atoms with E-state index in [1.54, 1.807) is 25.1 Å². The van der Waals surface area contributed by atoms with Gasteiger partial charge < -0.3 is 5.11 Å². The molecule has 1 unspecified atom stereocenters. The average Bonchev–Trinajstić information content (AvgIpc) is 2.68. The van der Waals surface area contributed by atoms with Crippen molar-refractivity contribution in [3.05, 3.63) is 51.2 Å². The Morgan fingerprint density at radius 1 is 1.41 bits per heavy atom. The number of rotatable bonds is 3. The van der Waals surface area contributed by atoms with Gasteiger partial charge in [0.05, 0.1) is 16.8 Å². The van der Waals surface area contributed by atoms with Crippen LogP contribution in [-0.2, 0) is 6.42 Å². The quantitative estimate of drug-likeness (QED) is 0.909. The van der Waals surface area contributed by atoms with Crippen molar-refractivity contribution in [1.29, 1.82) is 0 Å². The summed E-state index contributed by atoms with van der Waals surface area (Å²) in [7, 11) is 0. The fourth-order valence-electron chi connectivity index (χ4n) is 1.74. The van der Waals surface area contributed by atoms with Crippen molar-refractivity contribution in [2.75, 3.05) is 0 Å². The van der Waals surface area contributed by atoms with Gasteiger partial charge in [-0.1, -0.05) is 18.2 Å². The lowest BCUT2D eigenvalue weighted by Gasteiger charge is -2.11. The van der Waals surface area contributed by atoms with Gasteiger partial charge in [-0.15, -0.1) is 11.3 Å². The van der Waals surface area contributed by atoms with Gasteiger partial charge in [-0.2, -0.15) is 0 Å². The topological polar surface area (TPSA) is 33.1 Å². The van der Waals surface area contributed by atoms with Crippen LogP contribution in [0.15, 0.2) is 23.6 Å². The van der Waals surface area contributed by atoms with Crippen molar-refractivity contribution in [2.24, 2.45) is 0 Å². The maximum atomic E-state index is 13.8. The highest BCUT2D eigenvalue weighted by molar-refractivity contribution is 7.09. The molecule has 4 heteroatoms. The van der Waals surface area contributed by atoms with Gasteiger partial charge in [-0.3, -0.25) is 0 Å². The Labute approximate surface area is 104 Å². The van der Waals surface area contributed by atoms with Crippen LogP contribution in [0, 0.1) is 19.7 Å². The Kier molecular flexibility index (Phi) is 3.54. The normalized spacial score (nSPS) is 12.7. The second-order valence-electron chi connectivity index (χ2n) is 4.06. The first-order chi connectivity index (χ1) is 8.08. The van der Waals surface area contributed by atoms with E-state index >= 15 is 0 Å². The van der Waals surface area contributed by atoms with Crippen LogP contribution in [0.5, 0.6) is 0 Å². The molecule has 0 bridgehead atoms. The van der Waals surface area contributed by atoms with Crippen LogP contribution in [0.1, 0.15) is 27.9 Å². The lowest BCUT2D eigenvalue weighted by molar-refractivity contribution is 0.172. The van der Waals surface area contributed by atoms with Gasteiger partial charge >= 0.3 is 0 Å². The monoisotopic (exact) mass is 251 g/mol. The summed E-state index contributed by atoms with van der Waals surface area (Å²) < 4.78 is 13.8. The molecule has 1 N–H and O–H groups in total. The van der Waals surface area contributed by atoms with Crippen molar-refractivity contribution in [3.8, 4) is 0 Å². The lowest BCUT2D eigenvalue weighted by atomic mass is 10.0. The summed E-state index contributed by atoms with van der Waals surface area (Å²) in [5, 5.41) is 12.9. The Balaban J connectivity index is 2.20. The molecule has 1 aromatic carbocycles. The molecule has 2 rings (SSSR count). The first-order valence-corrected chi connectivity index (χ1v) is 6.30. The first-order valence-electron chi connectivity index (χ1n) is 5.42. The summed E-state index contributed by atoms with van der Waals surface area (Å²) in [5.74, 6) is -0.327. The van der Waals surface area contributed by atoms with Crippen LogP contribution >= 0.6 is 11.3 Å². The molecule has 1 aromatic heterocycles. The maximum Gasteiger partial charge on any atom is 0.131 e. The Hall–Kier alpha value is -1.26. The minimum Gasteiger partial charge on any atom is -0.388 e. The standard InChI is InChI=1S/C13H14FNOS/c1-8-4-3-5-11(13(8)14)12(16)6-10-7-17-9(2)15-10/h3-5,7,12,16H,6H2,1-2H3. The van der Waals surface area contributed by atoms with E-state index in [0.717, 1.165) is 10.7 Å². The van der Waals surface area contributed by atoms with E-state index in [0.29, 0.717) is 17.5 Å². The zero-order valence-corrected chi connectivity index (χ0v) is 10.6. The highest BCUT2D eigenvalue weighted by Gasteiger charge is 2.15. The van der Waals surface area contributed by atoms with Gasteiger partial charge in [-0.05, 0) is 19.4 Å². The number of nitrogens with zero attached hydrogens (tertiary/aromatic N) is 1. The van der Waals surface area contributed by atoms with E-state index in [1.807, 2.05) is 12.3 Å². The SMILES string of the molecule is Cc1nc(CC(O)c2cccc(C)c2F)cs1. The number of halogens is 1. The average molecular weight is 251 g/mol. The molecule has 1 atom stereocenters. The molecule has 0 fully saturated rings. The maximum absolute atomic E-state index is 13.8. The van der Waals surface area contributed by atoms with Crippen molar-refractivity contribution in [3.63, 3.8) is 0 Å². The number of aryl methyl sites for hydroxylation is 2. The van der Waals surface area contributed by atoms with Crippen LogP contribution in [-0.4, -0.2) is 10.1 Å². The summed E-state index contributed by atoms with van der Waals surface area (Å²) in [6.07, 6.45) is -0.485. The number of benzene rings is 1. The second kappa shape index (κ2) is 4.94. The highest BCUT2D eigenvalue weighted by atomic mass is 32.1. The molecule has 0 radical (unpaired) electrons. The van der Waals surface area contributed by atoms with E-state index in [2.05, 4.69) is 4.98 Å². The number of aliphatic hydroxyl groups is 1. The molecule has 90 valence electrons. The Morgan fingerprint density at radius 3 is 2.82 bits per heavy atom. The number of hydrogen-bond donors (Lipinski definition) is 1. The highest BCUT2D eigenvalue weighted by Crippen LogP contribution is 2.23. The molecule has 0 spiro atoms. The summed E-state index contributed by atoms with van der Waals surface area (Å²) in [4.78, 5) is 4.26. The lowest BCUT2D eigenvalue weighted by Crippen LogP contribution is -2.05. The fourth-order valence-corrected chi connectivity index (χ4v) is 2.36. The molecule has 0 saturated carbocycles. The van der Waals surface area contributed by atoms with Gasteiger partial charge in [0.1, 0.15) is 5.82 Å². The van der Waals surface area contributed by atoms with Gasteiger partial charge in [0.2, 0.25) is 0 Å². The summed E-state index contributed by atoms with van der Waals surface area (Å²) in [6, 6.07) is 5.06. The van der Waals surface area contributed by atoms with Gasteiger partial charge in [0, 0.05) is 17.4 Å². The molecular formula is C13H14FNOS. The molecule has 1 heterocycles. The Morgan fingerprint density at radius 2 is 2.18 bits per heavy atom. The molecular weight excluding hydrogens is 237 g/mol. The number of aliphatic hydroxyl groups excluding tert-OH is 1. The molecule has 17 heavy (non-hydrogen) atoms. The van der Waals surface area contributed by atoms with Crippen LogP contribution in [0.4, 0.5) is 4.39 Å². The number of thiazole rings is 1. The van der Waals surface area contributed by atoms with Gasteiger partial charge in [-0.25, -0.2) is 9.37 Å². The number of aromatic nitrogens is 1. The second-order valence-corrected chi connectivity index (χ2v) is 5.12. The minimum atomic E-state index is -0.837. The van der Waals surface area contributed by atoms with Crippen LogP contribution in [0.25, 0.3) is 0 Å². The van der Waals surface area contributed by atoms with Crippen molar-refractivity contribution >= 4 is 11.3 Å². The summed E-state index contributed by atoms with van der Waals surface area (Å²) in [5.41, 5.74) is 1.70. The predicted molar refractivity (Wildman–Crippen MR) is 66.7 cm³/mol. The molecule has 2 nitrogen and oxygen atoms in total. The smallest absolute Gasteiger partial charge is 0.131 e. The van der Waals surface area contributed by atoms with E-state index in [9.17, 15) is 9.50 Å². The molecule has 0 aliphatic heterocycles. The summed E-state index contributed by atoms with van der Waals surface area (Å²) in [6.45, 7) is 3.60. The van der Waals surface area contributed by atoms with Crippen LogP contribution in [0.2, 0.25) is 0 Å². The molecule has 0 aliphatic carbocycles. The largest absolute Gasteiger partial charge is 0.388 e. The van der Waals surface area contributed by atoms with Crippen LogP contribution < -0.4 is 0 Å².